The average molecular weight is 296 g/mol. The molecule has 1 aromatic rings. The van der Waals surface area contributed by atoms with Gasteiger partial charge in [0.2, 0.25) is 0 Å². The Labute approximate surface area is 128 Å². The highest BCUT2D eigenvalue weighted by Gasteiger charge is 2.48. The number of aliphatic hydroxyl groups is 1. The SMILES string of the molecule is CCC(C(C)(O)c1ccc(O)c(O)c1)[N+](C)(C)C(C)(C)C. The van der Waals surface area contributed by atoms with E-state index >= 15 is 0 Å². The zero-order chi connectivity index (χ0) is 16.6. The molecule has 0 aromatic heterocycles. The highest BCUT2D eigenvalue weighted by atomic mass is 16.3. The number of phenolic OH excluding ortho intramolecular Hbond substituents is 2. The smallest absolute Gasteiger partial charge is 0.157 e. The van der Waals surface area contributed by atoms with Crippen LogP contribution < -0.4 is 0 Å². The van der Waals surface area contributed by atoms with Crippen molar-refractivity contribution in [2.24, 2.45) is 0 Å². The molecule has 120 valence electrons. The van der Waals surface area contributed by atoms with Gasteiger partial charge in [-0.2, -0.15) is 0 Å². The number of hydrogen-bond donors (Lipinski definition) is 3. The molecule has 3 N–H and O–H groups in total. The highest BCUT2D eigenvalue weighted by Crippen LogP contribution is 2.39. The van der Waals surface area contributed by atoms with Crippen molar-refractivity contribution in [2.45, 2.75) is 58.2 Å². The molecule has 0 saturated heterocycles. The first-order valence-electron chi connectivity index (χ1n) is 7.44. The normalized spacial score (nSPS) is 17.3. The molecule has 2 atom stereocenters. The van der Waals surface area contributed by atoms with E-state index in [9.17, 15) is 15.3 Å². The Morgan fingerprint density at radius 2 is 1.57 bits per heavy atom. The minimum Gasteiger partial charge on any atom is -0.504 e. The van der Waals surface area contributed by atoms with Crippen LogP contribution >= 0.6 is 0 Å². The summed E-state index contributed by atoms with van der Waals surface area (Å²) in [6, 6.07) is 4.48. The van der Waals surface area contributed by atoms with E-state index in [1.165, 1.54) is 12.1 Å². The van der Waals surface area contributed by atoms with E-state index in [0.717, 1.165) is 6.42 Å². The lowest BCUT2D eigenvalue weighted by Gasteiger charge is -2.52. The second kappa shape index (κ2) is 5.50. The van der Waals surface area contributed by atoms with E-state index in [1.807, 2.05) is 0 Å². The zero-order valence-electron chi connectivity index (χ0n) is 14.3. The second-order valence-electron chi connectivity index (χ2n) is 7.49. The lowest BCUT2D eigenvalue weighted by Crippen LogP contribution is -2.65. The Kier molecular flexibility index (Phi) is 4.66. The molecule has 0 spiro atoms. The maximum Gasteiger partial charge on any atom is 0.157 e. The molecule has 1 aromatic carbocycles. The fourth-order valence-corrected chi connectivity index (χ4v) is 2.98. The molecule has 0 amide bonds. The van der Waals surface area contributed by atoms with Crippen molar-refractivity contribution in [3.8, 4) is 11.5 Å². The summed E-state index contributed by atoms with van der Waals surface area (Å²) in [5, 5.41) is 30.3. The number of hydrogen-bond acceptors (Lipinski definition) is 3. The van der Waals surface area contributed by atoms with Gasteiger partial charge in [-0.05, 0) is 51.8 Å². The van der Waals surface area contributed by atoms with Gasteiger partial charge in [0.15, 0.2) is 11.5 Å². The molecule has 4 nitrogen and oxygen atoms in total. The Morgan fingerprint density at radius 1 is 1.05 bits per heavy atom. The molecule has 0 aliphatic heterocycles. The summed E-state index contributed by atoms with van der Waals surface area (Å²) in [6.07, 6.45) is 0.791. The Morgan fingerprint density at radius 3 is 1.95 bits per heavy atom. The van der Waals surface area contributed by atoms with Crippen LogP contribution in [0.2, 0.25) is 0 Å². The average Bonchev–Trinajstić information content (AvgIpc) is 2.31. The number of likely N-dealkylation sites (N-methyl/N-ethyl adjacent to an activating group) is 1. The second-order valence-corrected chi connectivity index (χ2v) is 7.49. The van der Waals surface area contributed by atoms with Crippen molar-refractivity contribution in [3.05, 3.63) is 23.8 Å². The van der Waals surface area contributed by atoms with Crippen molar-refractivity contribution in [3.63, 3.8) is 0 Å². The summed E-state index contributed by atoms with van der Waals surface area (Å²) in [4.78, 5) is 0. The first kappa shape index (κ1) is 17.8. The lowest BCUT2D eigenvalue weighted by molar-refractivity contribution is -0.965. The van der Waals surface area contributed by atoms with E-state index in [0.29, 0.717) is 10.0 Å². The number of benzene rings is 1. The van der Waals surface area contributed by atoms with Crippen LogP contribution in [0.25, 0.3) is 0 Å². The Balaban J connectivity index is 3.34. The largest absolute Gasteiger partial charge is 0.504 e. The molecule has 0 saturated carbocycles. The first-order chi connectivity index (χ1) is 9.35. The third kappa shape index (κ3) is 3.16. The molecule has 0 bridgehead atoms. The molecule has 0 aliphatic carbocycles. The van der Waals surface area contributed by atoms with Gasteiger partial charge >= 0.3 is 0 Å². The molecule has 0 aliphatic rings. The van der Waals surface area contributed by atoms with Gasteiger partial charge in [0.1, 0.15) is 11.6 Å². The van der Waals surface area contributed by atoms with E-state index in [-0.39, 0.29) is 23.1 Å². The van der Waals surface area contributed by atoms with Crippen LogP contribution in [0.15, 0.2) is 18.2 Å². The van der Waals surface area contributed by atoms with E-state index in [1.54, 1.807) is 13.0 Å². The van der Waals surface area contributed by atoms with Crippen LogP contribution in [0.3, 0.4) is 0 Å². The van der Waals surface area contributed by atoms with Gasteiger partial charge in [-0.1, -0.05) is 13.0 Å². The van der Waals surface area contributed by atoms with Crippen LogP contribution in [0, 0.1) is 0 Å². The summed E-state index contributed by atoms with van der Waals surface area (Å²) in [6.45, 7) is 10.3. The van der Waals surface area contributed by atoms with E-state index < -0.39 is 5.60 Å². The number of quaternary nitrogens is 1. The number of rotatable bonds is 4. The molecule has 0 fully saturated rings. The monoisotopic (exact) mass is 296 g/mol. The zero-order valence-corrected chi connectivity index (χ0v) is 14.3. The molecular weight excluding hydrogens is 266 g/mol. The summed E-state index contributed by atoms with van der Waals surface area (Å²) in [5.74, 6) is -0.379. The number of nitrogens with zero attached hydrogens (tertiary/aromatic N) is 1. The standard InChI is InChI=1S/C17H29NO3/c1-8-15(18(6,7)16(2,3)4)17(5,21)12-9-10-13(19)14(20)11-12/h9-11,15,21H,8H2,1-7H3,(H-,19,20)/p+1. The minimum absolute atomic E-state index is 0.0381. The number of phenols is 2. The summed E-state index contributed by atoms with van der Waals surface area (Å²) in [7, 11) is 4.23. The van der Waals surface area contributed by atoms with Crippen molar-refractivity contribution in [1.82, 2.24) is 0 Å². The summed E-state index contributed by atoms with van der Waals surface area (Å²) >= 11 is 0. The molecular formula is C17H30NO3+. The van der Waals surface area contributed by atoms with Gasteiger partial charge < -0.3 is 19.8 Å². The van der Waals surface area contributed by atoms with Crippen LogP contribution in [-0.4, -0.2) is 45.5 Å². The maximum absolute atomic E-state index is 11.2. The molecule has 1 rings (SSSR count). The van der Waals surface area contributed by atoms with Crippen molar-refractivity contribution in [1.29, 1.82) is 0 Å². The predicted molar refractivity (Wildman–Crippen MR) is 85.3 cm³/mol. The fraction of sp³-hybridized carbons (Fsp3) is 0.647. The van der Waals surface area contributed by atoms with Gasteiger partial charge in [-0.15, -0.1) is 0 Å². The molecule has 4 heteroatoms. The van der Waals surface area contributed by atoms with Gasteiger partial charge in [-0.3, -0.25) is 0 Å². The van der Waals surface area contributed by atoms with Crippen molar-refractivity contribution in [2.75, 3.05) is 14.1 Å². The number of aromatic hydroxyl groups is 2. The quantitative estimate of drug-likeness (QED) is 0.591. The minimum atomic E-state index is -1.11. The van der Waals surface area contributed by atoms with Crippen LogP contribution in [0.5, 0.6) is 11.5 Å². The van der Waals surface area contributed by atoms with Gasteiger partial charge in [-0.25, -0.2) is 0 Å². The van der Waals surface area contributed by atoms with Gasteiger partial charge in [0, 0.05) is 0 Å². The van der Waals surface area contributed by atoms with Crippen molar-refractivity contribution < 1.29 is 19.8 Å². The topological polar surface area (TPSA) is 60.7 Å². The third-order valence-corrected chi connectivity index (χ3v) is 5.10. The fourth-order valence-electron chi connectivity index (χ4n) is 2.98. The van der Waals surface area contributed by atoms with E-state index in [4.69, 9.17) is 0 Å². The predicted octanol–water partition coefficient (Wildman–Crippen LogP) is 2.96. The van der Waals surface area contributed by atoms with Crippen LogP contribution in [0.4, 0.5) is 0 Å². The maximum atomic E-state index is 11.2. The Hall–Kier alpha value is -1.26. The third-order valence-electron chi connectivity index (χ3n) is 5.10. The van der Waals surface area contributed by atoms with Crippen LogP contribution in [-0.2, 0) is 5.60 Å². The van der Waals surface area contributed by atoms with Crippen LogP contribution in [0.1, 0.15) is 46.6 Å². The van der Waals surface area contributed by atoms with Crippen molar-refractivity contribution >= 4 is 0 Å². The molecule has 0 heterocycles. The lowest BCUT2D eigenvalue weighted by atomic mass is 9.82. The highest BCUT2D eigenvalue weighted by molar-refractivity contribution is 5.42. The Bertz CT molecular complexity index is 501. The van der Waals surface area contributed by atoms with E-state index in [2.05, 4.69) is 41.8 Å². The van der Waals surface area contributed by atoms with Gasteiger partial charge in [0.05, 0.1) is 19.6 Å². The summed E-state index contributed by atoms with van der Waals surface area (Å²) in [5.41, 5.74) is -0.541. The summed E-state index contributed by atoms with van der Waals surface area (Å²) < 4.78 is 0.637. The molecule has 21 heavy (non-hydrogen) atoms. The first-order valence-corrected chi connectivity index (χ1v) is 7.44. The molecule has 2 unspecified atom stereocenters. The molecule has 0 radical (unpaired) electrons. The van der Waals surface area contributed by atoms with Gasteiger partial charge in [0.25, 0.3) is 0 Å².